The highest BCUT2D eigenvalue weighted by Gasteiger charge is 2.20. The van der Waals surface area contributed by atoms with E-state index in [1.807, 2.05) is 32.0 Å². The van der Waals surface area contributed by atoms with Crippen LogP contribution in [-0.4, -0.2) is 36.1 Å². The van der Waals surface area contributed by atoms with Gasteiger partial charge in [0.15, 0.2) is 5.75 Å². The van der Waals surface area contributed by atoms with Gasteiger partial charge in [0.1, 0.15) is 5.75 Å². The molecule has 0 aliphatic rings. The number of hydrogen-bond acceptors (Lipinski definition) is 5. The van der Waals surface area contributed by atoms with Crippen LogP contribution < -0.4 is 4.74 Å². The van der Waals surface area contributed by atoms with Crippen molar-refractivity contribution >= 4 is 33.2 Å². The second-order valence-electron chi connectivity index (χ2n) is 5.63. The standard InChI is InChI=1S/C17H17N5O2S/c1-3-24-16-4-5-18-15(10(16)2)8-25(23)17-21-13-6-11-12(20-9-19-11)7-14(13)22-17/h4-7,9H,3,8H2,1-2H3,(H,19,20)(H,21,22). The van der Waals surface area contributed by atoms with E-state index in [1.54, 1.807) is 12.5 Å². The van der Waals surface area contributed by atoms with Crippen LogP contribution in [0.4, 0.5) is 0 Å². The number of nitrogens with zero attached hydrogens (tertiary/aromatic N) is 3. The lowest BCUT2D eigenvalue weighted by Gasteiger charge is -2.11. The van der Waals surface area contributed by atoms with E-state index in [0.29, 0.717) is 11.8 Å². The van der Waals surface area contributed by atoms with Gasteiger partial charge in [-0.05, 0) is 32.0 Å². The number of nitrogens with one attached hydrogen (secondary N) is 2. The Labute approximate surface area is 147 Å². The summed E-state index contributed by atoms with van der Waals surface area (Å²) in [5.41, 5.74) is 4.97. The van der Waals surface area contributed by atoms with Crippen LogP contribution in [0.3, 0.4) is 0 Å². The van der Waals surface area contributed by atoms with Crippen LogP contribution in [0.25, 0.3) is 22.1 Å². The molecule has 3 heterocycles. The zero-order chi connectivity index (χ0) is 17.4. The Morgan fingerprint density at radius 3 is 2.88 bits per heavy atom. The molecule has 25 heavy (non-hydrogen) atoms. The fraction of sp³-hybridized carbons (Fsp3) is 0.235. The third-order valence-electron chi connectivity index (χ3n) is 4.04. The lowest BCUT2D eigenvalue weighted by molar-refractivity contribution is 0.337. The van der Waals surface area contributed by atoms with Gasteiger partial charge in [-0.3, -0.25) is 9.97 Å². The number of ether oxygens (including phenoxy) is 1. The van der Waals surface area contributed by atoms with Crippen LogP contribution in [-0.2, 0) is 16.9 Å². The van der Waals surface area contributed by atoms with Crippen LogP contribution >= 0.6 is 0 Å². The monoisotopic (exact) mass is 355 g/mol. The zero-order valence-electron chi connectivity index (χ0n) is 13.9. The molecule has 1 aromatic carbocycles. The van der Waals surface area contributed by atoms with Gasteiger partial charge in [-0.2, -0.15) is 4.98 Å². The first kappa shape index (κ1) is 15.9. The lowest BCUT2D eigenvalue weighted by Crippen LogP contribution is -2.10. The number of aromatic nitrogens is 5. The highest BCUT2D eigenvalue weighted by atomic mass is 32.2. The van der Waals surface area contributed by atoms with Crippen molar-refractivity contribution in [2.45, 2.75) is 24.8 Å². The molecular formula is C17H17N5O2S. The molecule has 3 aromatic heterocycles. The Morgan fingerprint density at radius 1 is 1.20 bits per heavy atom. The quantitative estimate of drug-likeness (QED) is 0.536. The van der Waals surface area contributed by atoms with Crippen LogP contribution in [0.5, 0.6) is 5.75 Å². The number of pyridine rings is 1. The van der Waals surface area contributed by atoms with E-state index in [4.69, 9.17) is 4.74 Å². The maximum atomic E-state index is 12.7. The molecule has 2 N–H and O–H groups in total. The minimum Gasteiger partial charge on any atom is -0.609 e. The first-order valence-electron chi connectivity index (χ1n) is 7.94. The summed E-state index contributed by atoms with van der Waals surface area (Å²) in [5, 5.41) is 0.436. The van der Waals surface area contributed by atoms with Gasteiger partial charge in [-0.1, -0.05) is 0 Å². The topological polar surface area (TPSA) is 103 Å². The van der Waals surface area contributed by atoms with Crippen molar-refractivity contribution in [2.75, 3.05) is 6.61 Å². The highest BCUT2D eigenvalue weighted by molar-refractivity contribution is 7.90. The molecule has 128 valence electrons. The Hall–Kier alpha value is -2.58. The molecule has 1 unspecified atom stereocenters. The van der Waals surface area contributed by atoms with Gasteiger partial charge in [0.25, 0.3) is 0 Å². The number of hydrogen-bond donors (Lipinski definition) is 2. The normalized spacial score (nSPS) is 12.8. The van der Waals surface area contributed by atoms with Gasteiger partial charge in [0, 0.05) is 22.9 Å². The first-order valence-corrected chi connectivity index (χ1v) is 9.26. The molecule has 0 spiro atoms. The minimum atomic E-state index is -1.33. The number of imidazole rings is 2. The van der Waals surface area contributed by atoms with Crippen molar-refractivity contribution in [1.29, 1.82) is 0 Å². The summed E-state index contributed by atoms with van der Waals surface area (Å²) in [6.45, 7) is 4.44. The van der Waals surface area contributed by atoms with Gasteiger partial charge in [0.2, 0.25) is 0 Å². The Kier molecular flexibility index (Phi) is 4.06. The number of fused-ring (bicyclic) bond motifs is 2. The highest BCUT2D eigenvalue weighted by Crippen LogP contribution is 2.25. The molecule has 0 aliphatic carbocycles. The van der Waals surface area contributed by atoms with Gasteiger partial charge in [-0.15, -0.1) is 0 Å². The van der Waals surface area contributed by atoms with Crippen molar-refractivity contribution < 1.29 is 9.29 Å². The average Bonchev–Trinajstić information content (AvgIpc) is 3.22. The molecule has 8 heteroatoms. The second-order valence-corrected chi connectivity index (χ2v) is 7.00. The van der Waals surface area contributed by atoms with Gasteiger partial charge >= 0.3 is 5.16 Å². The Balaban J connectivity index is 1.63. The molecule has 4 aromatic rings. The molecule has 0 fully saturated rings. The van der Waals surface area contributed by atoms with E-state index in [9.17, 15) is 4.55 Å². The molecule has 0 aliphatic heterocycles. The van der Waals surface area contributed by atoms with E-state index in [2.05, 4.69) is 24.9 Å². The number of rotatable bonds is 5. The Bertz CT molecular complexity index is 994. The van der Waals surface area contributed by atoms with Crippen LogP contribution in [0.2, 0.25) is 0 Å². The maximum absolute atomic E-state index is 12.7. The van der Waals surface area contributed by atoms with Crippen LogP contribution in [0.15, 0.2) is 35.9 Å². The summed E-state index contributed by atoms with van der Waals surface area (Å²) in [6.07, 6.45) is 3.32. The minimum absolute atomic E-state index is 0.280. The SMILES string of the molecule is CCOc1ccnc(C[S+]([O-])c2nc3cc4[nH]cnc4cc3[nH]2)c1C. The molecule has 7 nitrogen and oxygen atoms in total. The molecule has 0 radical (unpaired) electrons. The van der Waals surface area contributed by atoms with Crippen molar-refractivity contribution in [2.24, 2.45) is 0 Å². The Morgan fingerprint density at radius 2 is 2.04 bits per heavy atom. The fourth-order valence-electron chi connectivity index (χ4n) is 2.73. The number of aromatic amines is 2. The summed E-state index contributed by atoms with van der Waals surface area (Å²) in [6, 6.07) is 5.61. The molecule has 0 amide bonds. The second kappa shape index (κ2) is 6.38. The smallest absolute Gasteiger partial charge is 0.322 e. The van der Waals surface area contributed by atoms with Gasteiger partial charge in [0.05, 0.1) is 40.7 Å². The number of H-pyrrole nitrogens is 2. The molecule has 0 saturated carbocycles. The molecule has 4 rings (SSSR count). The lowest BCUT2D eigenvalue weighted by atomic mass is 10.2. The summed E-state index contributed by atoms with van der Waals surface area (Å²) in [7, 11) is 0. The van der Waals surface area contributed by atoms with Crippen molar-refractivity contribution in [1.82, 2.24) is 24.9 Å². The predicted molar refractivity (Wildman–Crippen MR) is 96.0 cm³/mol. The largest absolute Gasteiger partial charge is 0.609 e. The molecular weight excluding hydrogens is 338 g/mol. The van der Waals surface area contributed by atoms with E-state index >= 15 is 0 Å². The zero-order valence-corrected chi connectivity index (χ0v) is 14.7. The average molecular weight is 355 g/mol. The van der Waals surface area contributed by atoms with Crippen molar-refractivity contribution in [3.05, 3.63) is 42.0 Å². The first-order chi connectivity index (χ1) is 12.2. The summed E-state index contributed by atoms with van der Waals surface area (Å²) < 4.78 is 18.3. The van der Waals surface area contributed by atoms with Gasteiger partial charge in [-0.25, -0.2) is 4.98 Å². The summed E-state index contributed by atoms with van der Waals surface area (Å²) in [4.78, 5) is 19.2. The summed E-state index contributed by atoms with van der Waals surface area (Å²) >= 11 is -1.33. The van der Waals surface area contributed by atoms with E-state index in [0.717, 1.165) is 39.1 Å². The molecule has 0 bridgehead atoms. The predicted octanol–water partition coefficient (Wildman–Crippen LogP) is 2.85. The van der Waals surface area contributed by atoms with Crippen LogP contribution in [0, 0.1) is 6.92 Å². The maximum Gasteiger partial charge on any atom is 0.322 e. The molecule has 0 saturated heterocycles. The van der Waals surface area contributed by atoms with Crippen molar-refractivity contribution in [3.63, 3.8) is 0 Å². The third-order valence-corrected chi connectivity index (χ3v) is 5.20. The molecule has 1 atom stereocenters. The number of benzene rings is 1. The van der Waals surface area contributed by atoms with Crippen LogP contribution in [0.1, 0.15) is 18.2 Å². The van der Waals surface area contributed by atoms with E-state index in [-0.39, 0.29) is 5.75 Å². The van der Waals surface area contributed by atoms with E-state index < -0.39 is 11.2 Å². The van der Waals surface area contributed by atoms with Crippen molar-refractivity contribution in [3.8, 4) is 5.75 Å². The van der Waals surface area contributed by atoms with Gasteiger partial charge < -0.3 is 14.3 Å². The van der Waals surface area contributed by atoms with E-state index in [1.165, 1.54) is 0 Å². The fourth-order valence-corrected chi connectivity index (χ4v) is 3.83. The third kappa shape index (κ3) is 2.94. The summed E-state index contributed by atoms with van der Waals surface area (Å²) in [5.74, 6) is 1.05.